The standard InChI is InChI=1S/C43H46N2O10/c1-3-18-44-20-16-40-34-24-8-10-28(36(34)54-38(40)26(46)12-14-42(40,50)30(44)22-24)52-32(48)6-5-7-33(49)53-29-11-9-25-23-31-43(51)15-13-27(47)39-41(43,35(25)37(29)55-39)17-21-45(31)19-4-2/h3-4,8-11,30-31,38-39,50-51H,1-2,5-7,12-23H2/t30-,31-,38+,39+,40+,41+,42-,43-/m1/s1. The summed E-state index contributed by atoms with van der Waals surface area (Å²) in [5.74, 6) is -0.112. The van der Waals surface area contributed by atoms with E-state index in [-0.39, 0.29) is 67.3 Å². The van der Waals surface area contributed by atoms with Crippen LogP contribution in [-0.4, -0.2) is 105 Å². The number of rotatable bonds is 10. The van der Waals surface area contributed by atoms with E-state index in [0.29, 0.717) is 76.2 Å². The Morgan fingerprint density at radius 3 is 1.58 bits per heavy atom. The van der Waals surface area contributed by atoms with Gasteiger partial charge in [-0.1, -0.05) is 24.3 Å². The van der Waals surface area contributed by atoms with Crippen molar-refractivity contribution in [3.8, 4) is 23.0 Å². The fourth-order valence-corrected chi connectivity index (χ4v) is 12.5. The van der Waals surface area contributed by atoms with Gasteiger partial charge in [-0.15, -0.1) is 13.2 Å². The van der Waals surface area contributed by atoms with Gasteiger partial charge in [0.1, 0.15) is 0 Å². The lowest BCUT2D eigenvalue weighted by atomic mass is 9.49. The summed E-state index contributed by atoms with van der Waals surface area (Å²) in [7, 11) is 0. The first-order chi connectivity index (χ1) is 26.5. The van der Waals surface area contributed by atoms with Crippen LogP contribution < -0.4 is 18.9 Å². The van der Waals surface area contributed by atoms with Gasteiger partial charge in [0, 0.05) is 75.1 Å². The third kappa shape index (κ3) is 4.42. The van der Waals surface area contributed by atoms with E-state index < -0.39 is 46.2 Å². The number of hydrogen-bond acceptors (Lipinski definition) is 12. The average Bonchev–Trinajstić information content (AvgIpc) is 3.70. The van der Waals surface area contributed by atoms with Crippen LogP contribution in [0.15, 0.2) is 49.6 Å². The summed E-state index contributed by atoms with van der Waals surface area (Å²) < 4.78 is 24.5. The number of ether oxygens (including phenoxy) is 4. The zero-order valence-electron chi connectivity index (χ0n) is 30.8. The molecule has 12 heteroatoms. The van der Waals surface area contributed by atoms with Crippen LogP contribution in [0.4, 0.5) is 0 Å². The summed E-state index contributed by atoms with van der Waals surface area (Å²) in [5, 5.41) is 24.8. The molecule has 4 aliphatic heterocycles. The van der Waals surface area contributed by atoms with Gasteiger partial charge in [-0.25, -0.2) is 0 Å². The molecular weight excluding hydrogens is 704 g/mol. The molecule has 0 aromatic heterocycles. The predicted octanol–water partition coefficient (Wildman–Crippen LogP) is 3.19. The first-order valence-corrected chi connectivity index (χ1v) is 19.8. The number of esters is 2. The van der Waals surface area contributed by atoms with Crippen LogP contribution in [0.3, 0.4) is 0 Å². The zero-order chi connectivity index (χ0) is 38.1. The van der Waals surface area contributed by atoms with Gasteiger partial charge < -0.3 is 29.2 Å². The molecule has 4 heterocycles. The predicted molar refractivity (Wildman–Crippen MR) is 196 cm³/mol. The number of carbonyl (C=O) groups excluding carboxylic acids is 4. The van der Waals surface area contributed by atoms with E-state index in [9.17, 15) is 29.4 Å². The summed E-state index contributed by atoms with van der Waals surface area (Å²) in [6, 6.07) is 6.85. The van der Waals surface area contributed by atoms with Crippen molar-refractivity contribution in [1.29, 1.82) is 0 Å². The van der Waals surface area contributed by atoms with Crippen LogP contribution >= 0.6 is 0 Å². The number of piperidine rings is 2. The molecule has 0 unspecified atom stereocenters. The highest BCUT2D eigenvalue weighted by Gasteiger charge is 2.74. The van der Waals surface area contributed by atoms with Gasteiger partial charge in [-0.3, -0.25) is 29.0 Å². The molecule has 2 saturated carbocycles. The molecule has 4 aliphatic carbocycles. The number of nitrogens with zero attached hydrogens (tertiary/aromatic N) is 2. The highest BCUT2D eigenvalue weighted by molar-refractivity contribution is 5.91. The second kappa shape index (κ2) is 12.1. The SMILES string of the molecule is C=CCN1CC[C@]23c4c5ccc(OC(=O)CCCC(=O)Oc6ccc7c8c6O[C@H]6C(=O)CC[C@@]9(O)[C@@H](C7)N(CC=C)CC[C@]869)c4O[C@H]2C(=O)CC[C@@]3(O)[C@H]1C5. The minimum atomic E-state index is -1.17. The van der Waals surface area contributed by atoms with E-state index in [1.54, 1.807) is 12.1 Å². The quantitative estimate of drug-likeness (QED) is 0.209. The van der Waals surface area contributed by atoms with Crippen molar-refractivity contribution in [3.63, 3.8) is 0 Å². The minimum absolute atomic E-state index is 0.0536. The maximum absolute atomic E-state index is 13.4. The molecule has 8 aliphatic rings. The van der Waals surface area contributed by atoms with Crippen molar-refractivity contribution in [2.24, 2.45) is 0 Å². The van der Waals surface area contributed by atoms with Gasteiger partial charge in [0.25, 0.3) is 0 Å². The monoisotopic (exact) mass is 750 g/mol. The van der Waals surface area contributed by atoms with E-state index in [1.807, 2.05) is 24.3 Å². The van der Waals surface area contributed by atoms with Gasteiger partial charge in [0.2, 0.25) is 0 Å². The Labute approximate surface area is 319 Å². The highest BCUT2D eigenvalue weighted by Crippen LogP contribution is 2.66. The van der Waals surface area contributed by atoms with Gasteiger partial charge in [-0.2, -0.15) is 0 Å². The third-order valence-corrected chi connectivity index (χ3v) is 14.6. The molecule has 2 saturated heterocycles. The number of benzene rings is 2. The van der Waals surface area contributed by atoms with Gasteiger partial charge >= 0.3 is 11.9 Å². The van der Waals surface area contributed by atoms with Gasteiger partial charge in [0.15, 0.2) is 46.8 Å². The maximum atomic E-state index is 13.4. The average molecular weight is 751 g/mol. The second-order valence-electron chi connectivity index (χ2n) is 16.9. The van der Waals surface area contributed by atoms with Crippen LogP contribution in [0.25, 0.3) is 0 Å². The molecule has 10 rings (SSSR count). The Balaban J connectivity index is 0.841. The smallest absolute Gasteiger partial charge is 0.311 e. The summed E-state index contributed by atoms with van der Waals surface area (Å²) in [6.07, 6.45) is 5.34. The first-order valence-electron chi connectivity index (χ1n) is 19.8. The van der Waals surface area contributed by atoms with E-state index in [1.165, 1.54) is 0 Å². The van der Waals surface area contributed by atoms with E-state index >= 15 is 0 Å². The van der Waals surface area contributed by atoms with Crippen molar-refractivity contribution in [3.05, 3.63) is 71.8 Å². The second-order valence-corrected chi connectivity index (χ2v) is 16.9. The molecule has 288 valence electrons. The molecule has 8 atom stereocenters. The normalized spacial score (nSPS) is 35.9. The minimum Gasteiger partial charge on any atom is -0.477 e. The Kier molecular flexibility index (Phi) is 7.70. The Bertz CT molecular complexity index is 1950. The van der Waals surface area contributed by atoms with Crippen molar-refractivity contribution in [1.82, 2.24) is 9.80 Å². The zero-order valence-corrected chi connectivity index (χ0v) is 30.8. The number of aliphatic hydroxyl groups is 2. The molecule has 0 radical (unpaired) electrons. The molecule has 4 fully saturated rings. The van der Waals surface area contributed by atoms with Crippen LogP contribution in [0.1, 0.15) is 80.0 Å². The number of likely N-dealkylation sites (tertiary alicyclic amines) is 2. The summed E-state index contributed by atoms with van der Waals surface area (Å²) >= 11 is 0. The molecule has 4 bridgehead atoms. The van der Waals surface area contributed by atoms with E-state index in [2.05, 4.69) is 23.0 Å². The largest absolute Gasteiger partial charge is 0.477 e. The fraction of sp³-hybridized carbons (Fsp3) is 0.535. The molecule has 12 nitrogen and oxygen atoms in total. The van der Waals surface area contributed by atoms with Crippen LogP contribution in [0.2, 0.25) is 0 Å². The van der Waals surface area contributed by atoms with Crippen LogP contribution in [0, 0.1) is 0 Å². The number of ketones is 2. The Morgan fingerprint density at radius 1 is 0.727 bits per heavy atom. The molecule has 55 heavy (non-hydrogen) atoms. The lowest BCUT2D eigenvalue weighted by Crippen LogP contribution is -2.76. The topological polar surface area (TPSA) is 152 Å². The fourth-order valence-electron chi connectivity index (χ4n) is 12.5. The van der Waals surface area contributed by atoms with Gasteiger partial charge in [0.05, 0.1) is 22.0 Å². The Morgan fingerprint density at radius 2 is 1.16 bits per heavy atom. The number of carbonyl (C=O) groups is 4. The third-order valence-electron chi connectivity index (χ3n) is 14.6. The van der Waals surface area contributed by atoms with E-state index in [4.69, 9.17) is 18.9 Å². The molecule has 2 N–H and O–H groups in total. The lowest BCUT2D eigenvalue weighted by molar-refractivity contribution is -0.187. The van der Waals surface area contributed by atoms with Gasteiger partial charge in [-0.05, 0) is 68.2 Å². The maximum Gasteiger partial charge on any atom is 0.311 e. The first kappa shape index (κ1) is 35.1. The molecule has 2 aromatic rings. The summed E-state index contributed by atoms with van der Waals surface area (Å²) in [5.41, 5.74) is -0.615. The van der Waals surface area contributed by atoms with Crippen molar-refractivity contribution >= 4 is 23.5 Å². The molecule has 2 aromatic carbocycles. The lowest BCUT2D eigenvalue weighted by Gasteiger charge is -2.62. The number of Topliss-reactive ketones (excluding diaryl/α,β-unsaturated/α-hetero) is 2. The van der Waals surface area contributed by atoms with Crippen molar-refractivity contribution in [2.45, 2.75) is 117 Å². The Hall–Kier alpha value is -4.36. The van der Waals surface area contributed by atoms with Crippen LogP contribution in [0.5, 0.6) is 23.0 Å². The summed E-state index contributed by atoms with van der Waals surface area (Å²) in [6.45, 7) is 10.4. The molecular formula is C43H46N2O10. The van der Waals surface area contributed by atoms with Crippen molar-refractivity contribution in [2.75, 3.05) is 26.2 Å². The molecule has 2 spiro atoms. The van der Waals surface area contributed by atoms with Crippen LogP contribution in [-0.2, 0) is 42.8 Å². The number of hydrogen-bond donors (Lipinski definition) is 2. The molecule has 0 amide bonds. The summed E-state index contributed by atoms with van der Waals surface area (Å²) in [4.78, 5) is 57.7. The van der Waals surface area contributed by atoms with Crippen molar-refractivity contribution < 1.29 is 48.3 Å². The highest BCUT2D eigenvalue weighted by atomic mass is 16.6. The van der Waals surface area contributed by atoms with E-state index in [0.717, 1.165) is 22.3 Å².